The number of anilines is 1. The number of aryl methyl sites for hydroxylation is 1. The fourth-order valence-corrected chi connectivity index (χ4v) is 2.05. The smallest absolute Gasteiger partial charge is 0.220 e. The molecule has 1 amide bonds. The van der Waals surface area contributed by atoms with Crippen molar-refractivity contribution in [1.82, 2.24) is 5.32 Å². The highest BCUT2D eigenvalue weighted by Gasteiger charge is 2.03. The minimum absolute atomic E-state index is 0.124. The Kier molecular flexibility index (Phi) is 7.71. The van der Waals surface area contributed by atoms with Crippen LogP contribution in [-0.4, -0.2) is 12.5 Å². The molecule has 106 valence electrons. The van der Waals surface area contributed by atoms with E-state index in [0.29, 0.717) is 12.8 Å². The summed E-state index contributed by atoms with van der Waals surface area (Å²) in [6.45, 7) is 3.00. The van der Waals surface area contributed by atoms with Gasteiger partial charge in [0.15, 0.2) is 0 Å². The fraction of sp³-hybridized carbons (Fsp3) is 0.562. The largest absolute Gasteiger partial charge is 0.399 e. The number of nitrogens with one attached hydrogen (secondary N) is 1. The Bertz CT molecular complexity index is 377. The molecule has 0 aliphatic carbocycles. The molecule has 3 nitrogen and oxygen atoms in total. The van der Waals surface area contributed by atoms with E-state index in [2.05, 4.69) is 12.2 Å². The van der Waals surface area contributed by atoms with Crippen LogP contribution in [-0.2, 0) is 11.2 Å². The van der Waals surface area contributed by atoms with Gasteiger partial charge in [-0.25, -0.2) is 0 Å². The quantitative estimate of drug-likeness (QED) is 0.530. The Morgan fingerprint density at radius 2 is 1.89 bits per heavy atom. The lowest BCUT2D eigenvalue weighted by atomic mass is 10.1. The van der Waals surface area contributed by atoms with Crippen LogP contribution in [0.15, 0.2) is 24.3 Å². The molecular formula is C16H26N2O. The number of hydrogen-bond acceptors (Lipinski definition) is 2. The Morgan fingerprint density at radius 3 is 2.63 bits per heavy atom. The van der Waals surface area contributed by atoms with E-state index in [4.69, 9.17) is 5.73 Å². The second-order valence-corrected chi connectivity index (χ2v) is 4.96. The average Bonchev–Trinajstić information content (AvgIpc) is 2.42. The number of carbonyl (C=O) groups is 1. The van der Waals surface area contributed by atoms with Gasteiger partial charge in [0, 0.05) is 18.7 Å². The first-order valence-corrected chi connectivity index (χ1v) is 7.34. The molecule has 0 aromatic heterocycles. The normalized spacial score (nSPS) is 10.4. The highest BCUT2D eigenvalue weighted by Crippen LogP contribution is 2.12. The first-order chi connectivity index (χ1) is 9.24. The second kappa shape index (κ2) is 9.42. The number of benzene rings is 1. The van der Waals surface area contributed by atoms with Crippen LogP contribution < -0.4 is 11.1 Å². The summed E-state index contributed by atoms with van der Waals surface area (Å²) in [4.78, 5) is 11.7. The van der Waals surface area contributed by atoms with Crippen LogP contribution in [0.1, 0.15) is 51.0 Å². The molecule has 1 aromatic carbocycles. The summed E-state index contributed by atoms with van der Waals surface area (Å²) in [6.07, 6.45) is 7.34. The average molecular weight is 262 g/mol. The van der Waals surface area contributed by atoms with E-state index >= 15 is 0 Å². The monoisotopic (exact) mass is 262 g/mol. The summed E-state index contributed by atoms with van der Waals surface area (Å²) in [6, 6.07) is 7.72. The van der Waals surface area contributed by atoms with Crippen molar-refractivity contribution in [1.29, 1.82) is 0 Å². The van der Waals surface area contributed by atoms with Gasteiger partial charge in [-0.3, -0.25) is 4.79 Å². The third-order valence-corrected chi connectivity index (χ3v) is 3.28. The van der Waals surface area contributed by atoms with Crippen molar-refractivity contribution in [3.63, 3.8) is 0 Å². The van der Waals surface area contributed by atoms with Crippen LogP contribution in [0.3, 0.4) is 0 Å². The molecule has 3 N–H and O–H groups in total. The lowest BCUT2D eigenvalue weighted by molar-refractivity contribution is -0.121. The molecule has 0 atom stereocenters. The Labute approximate surface area is 116 Å². The van der Waals surface area contributed by atoms with Gasteiger partial charge in [-0.15, -0.1) is 0 Å². The SMILES string of the molecule is CCCCCCCNC(=O)CCc1ccccc1N. The number of amides is 1. The standard InChI is InChI=1S/C16H26N2O/c1-2-3-4-5-8-13-18-16(19)12-11-14-9-6-7-10-15(14)17/h6-7,9-10H,2-5,8,11-13,17H2,1H3,(H,18,19). The van der Waals surface area contributed by atoms with Gasteiger partial charge >= 0.3 is 0 Å². The number of nitrogen functional groups attached to an aromatic ring is 1. The van der Waals surface area contributed by atoms with E-state index in [1.54, 1.807) is 0 Å². The molecule has 1 rings (SSSR count). The molecule has 0 heterocycles. The predicted octanol–water partition coefficient (Wildman–Crippen LogP) is 3.29. The zero-order valence-corrected chi connectivity index (χ0v) is 12.0. The molecule has 0 spiro atoms. The number of rotatable bonds is 9. The number of hydrogen-bond donors (Lipinski definition) is 2. The van der Waals surface area contributed by atoms with Gasteiger partial charge in [0.25, 0.3) is 0 Å². The third-order valence-electron chi connectivity index (χ3n) is 3.28. The van der Waals surface area contributed by atoms with Crippen molar-refractivity contribution < 1.29 is 4.79 Å². The Hall–Kier alpha value is -1.51. The van der Waals surface area contributed by atoms with Gasteiger partial charge in [-0.1, -0.05) is 50.8 Å². The Morgan fingerprint density at radius 1 is 1.16 bits per heavy atom. The third kappa shape index (κ3) is 6.85. The molecule has 0 saturated heterocycles. The van der Waals surface area contributed by atoms with Crippen molar-refractivity contribution in [3.8, 4) is 0 Å². The molecule has 0 bridgehead atoms. The van der Waals surface area contributed by atoms with Crippen molar-refractivity contribution in [3.05, 3.63) is 29.8 Å². The Balaban J connectivity index is 2.10. The molecule has 1 aromatic rings. The topological polar surface area (TPSA) is 55.1 Å². The molecule has 3 heteroatoms. The van der Waals surface area contributed by atoms with Crippen LogP contribution in [0, 0.1) is 0 Å². The lowest BCUT2D eigenvalue weighted by Crippen LogP contribution is -2.24. The van der Waals surface area contributed by atoms with E-state index < -0.39 is 0 Å². The predicted molar refractivity (Wildman–Crippen MR) is 80.9 cm³/mol. The van der Waals surface area contributed by atoms with Crippen molar-refractivity contribution in [2.75, 3.05) is 12.3 Å². The van der Waals surface area contributed by atoms with Crippen LogP contribution in [0.25, 0.3) is 0 Å². The zero-order chi connectivity index (χ0) is 13.9. The number of carbonyl (C=O) groups excluding carboxylic acids is 1. The van der Waals surface area contributed by atoms with E-state index in [1.165, 1.54) is 25.7 Å². The van der Waals surface area contributed by atoms with E-state index in [9.17, 15) is 4.79 Å². The zero-order valence-electron chi connectivity index (χ0n) is 12.0. The van der Waals surface area contributed by atoms with Crippen LogP contribution in [0.4, 0.5) is 5.69 Å². The van der Waals surface area contributed by atoms with Gasteiger partial charge in [-0.2, -0.15) is 0 Å². The second-order valence-electron chi connectivity index (χ2n) is 4.96. The number of para-hydroxylation sites is 1. The first-order valence-electron chi connectivity index (χ1n) is 7.34. The molecular weight excluding hydrogens is 236 g/mol. The molecule has 0 fully saturated rings. The molecule has 0 aliphatic rings. The summed E-state index contributed by atoms with van der Waals surface area (Å²) < 4.78 is 0. The van der Waals surface area contributed by atoms with Gasteiger partial charge in [0.2, 0.25) is 5.91 Å². The summed E-state index contributed by atoms with van der Waals surface area (Å²) in [5.74, 6) is 0.124. The summed E-state index contributed by atoms with van der Waals surface area (Å²) in [5.41, 5.74) is 7.67. The van der Waals surface area contributed by atoms with E-state index in [0.717, 1.165) is 24.2 Å². The minimum atomic E-state index is 0.124. The molecule has 0 unspecified atom stereocenters. The highest BCUT2D eigenvalue weighted by molar-refractivity contribution is 5.76. The maximum Gasteiger partial charge on any atom is 0.220 e. The lowest BCUT2D eigenvalue weighted by Gasteiger charge is -2.07. The van der Waals surface area contributed by atoms with Gasteiger partial charge in [0.1, 0.15) is 0 Å². The maximum absolute atomic E-state index is 11.7. The highest BCUT2D eigenvalue weighted by atomic mass is 16.1. The van der Waals surface area contributed by atoms with Gasteiger partial charge < -0.3 is 11.1 Å². The number of unbranched alkanes of at least 4 members (excludes halogenated alkanes) is 4. The summed E-state index contributed by atoms with van der Waals surface area (Å²) in [7, 11) is 0. The van der Waals surface area contributed by atoms with Gasteiger partial charge in [-0.05, 0) is 24.5 Å². The molecule has 0 aliphatic heterocycles. The summed E-state index contributed by atoms with van der Waals surface area (Å²) in [5, 5.41) is 2.97. The van der Waals surface area contributed by atoms with E-state index in [1.807, 2.05) is 24.3 Å². The molecule has 19 heavy (non-hydrogen) atoms. The van der Waals surface area contributed by atoms with Gasteiger partial charge in [0.05, 0.1) is 0 Å². The van der Waals surface area contributed by atoms with Crippen LogP contribution >= 0.6 is 0 Å². The minimum Gasteiger partial charge on any atom is -0.399 e. The molecule has 0 radical (unpaired) electrons. The van der Waals surface area contributed by atoms with E-state index in [-0.39, 0.29) is 5.91 Å². The van der Waals surface area contributed by atoms with Crippen LogP contribution in [0.2, 0.25) is 0 Å². The number of nitrogens with two attached hydrogens (primary N) is 1. The fourth-order valence-electron chi connectivity index (χ4n) is 2.05. The van der Waals surface area contributed by atoms with Crippen molar-refractivity contribution in [2.24, 2.45) is 0 Å². The van der Waals surface area contributed by atoms with Crippen LogP contribution in [0.5, 0.6) is 0 Å². The van der Waals surface area contributed by atoms with Crippen molar-refractivity contribution >= 4 is 11.6 Å². The molecule has 0 saturated carbocycles. The van der Waals surface area contributed by atoms with Crippen molar-refractivity contribution in [2.45, 2.75) is 51.9 Å². The maximum atomic E-state index is 11.7. The summed E-state index contributed by atoms with van der Waals surface area (Å²) >= 11 is 0. The first kappa shape index (κ1) is 15.5.